The minimum Gasteiger partial charge on any atom is -0.493 e. The zero-order chi connectivity index (χ0) is 18.5. The van der Waals surface area contributed by atoms with Crippen molar-refractivity contribution >= 4 is 33.9 Å². The Morgan fingerprint density at radius 2 is 2.08 bits per heavy atom. The number of nitrogens with zero attached hydrogens (tertiary/aromatic N) is 2. The first kappa shape index (κ1) is 17.7. The van der Waals surface area contributed by atoms with E-state index in [-0.39, 0.29) is 18.2 Å². The molecule has 2 aromatic rings. The number of hydrogen-bond acceptors (Lipinski definition) is 6. The topological polar surface area (TPSA) is 80.9 Å². The minimum absolute atomic E-state index is 0.0806. The average molecular weight is 413 g/mol. The molecule has 0 aromatic heterocycles. The van der Waals surface area contributed by atoms with Crippen molar-refractivity contribution in [2.75, 3.05) is 13.7 Å². The fourth-order valence-corrected chi connectivity index (χ4v) is 2.77. The van der Waals surface area contributed by atoms with Gasteiger partial charge in [-0.15, -0.1) is 0 Å². The van der Waals surface area contributed by atoms with Gasteiger partial charge in [0.25, 0.3) is 0 Å². The molecule has 0 spiro atoms. The summed E-state index contributed by atoms with van der Waals surface area (Å²) in [6.07, 6.45) is 1.60. The van der Waals surface area contributed by atoms with Gasteiger partial charge >= 0.3 is 5.97 Å². The number of rotatable bonds is 5. The molecule has 0 N–H and O–H groups in total. The summed E-state index contributed by atoms with van der Waals surface area (Å²) in [5.41, 5.74) is 1.57. The molecule has 0 amide bonds. The van der Waals surface area contributed by atoms with E-state index in [2.05, 4.69) is 20.9 Å². The molecule has 2 aromatic carbocycles. The number of esters is 1. The number of halogens is 1. The second-order valence-corrected chi connectivity index (χ2v) is 6.03. The van der Waals surface area contributed by atoms with Crippen LogP contribution in [0.4, 0.5) is 0 Å². The molecule has 3 rings (SSSR count). The van der Waals surface area contributed by atoms with E-state index in [1.165, 1.54) is 7.11 Å². The van der Waals surface area contributed by atoms with Crippen LogP contribution in [0.2, 0.25) is 0 Å². The number of benzene rings is 2. The SMILES string of the molecule is COc1cc(/C=C2\N=C(c3ccccc3Br)OC2=O)ccc1OCC#N. The van der Waals surface area contributed by atoms with Crippen molar-refractivity contribution in [3.05, 3.63) is 63.8 Å². The summed E-state index contributed by atoms with van der Waals surface area (Å²) < 4.78 is 16.6. The molecule has 0 fully saturated rings. The maximum Gasteiger partial charge on any atom is 0.363 e. The molecule has 1 aliphatic heterocycles. The van der Waals surface area contributed by atoms with Gasteiger partial charge in [0, 0.05) is 4.47 Å². The number of ether oxygens (including phenoxy) is 3. The zero-order valence-electron chi connectivity index (χ0n) is 13.7. The number of aliphatic imine (C=N–C) groups is 1. The van der Waals surface area contributed by atoms with Crippen molar-refractivity contribution in [3.63, 3.8) is 0 Å². The molecule has 0 radical (unpaired) electrons. The van der Waals surface area contributed by atoms with Crippen LogP contribution < -0.4 is 9.47 Å². The van der Waals surface area contributed by atoms with E-state index in [0.717, 1.165) is 4.47 Å². The quantitative estimate of drug-likeness (QED) is 0.552. The molecule has 7 heteroatoms. The highest BCUT2D eigenvalue weighted by molar-refractivity contribution is 9.10. The number of hydrogen-bond donors (Lipinski definition) is 0. The molecule has 130 valence electrons. The minimum atomic E-state index is -0.528. The van der Waals surface area contributed by atoms with E-state index >= 15 is 0 Å². The van der Waals surface area contributed by atoms with E-state index in [4.69, 9.17) is 19.5 Å². The van der Waals surface area contributed by atoms with E-state index < -0.39 is 5.97 Å². The van der Waals surface area contributed by atoms with Crippen LogP contribution in [0.25, 0.3) is 6.08 Å². The van der Waals surface area contributed by atoms with E-state index in [1.54, 1.807) is 24.3 Å². The molecular formula is C19H13BrN2O4. The second kappa shape index (κ2) is 7.85. The average Bonchev–Trinajstić information content (AvgIpc) is 3.01. The number of methoxy groups -OCH3 is 1. The Morgan fingerprint density at radius 3 is 2.81 bits per heavy atom. The van der Waals surface area contributed by atoms with Gasteiger partial charge in [-0.05, 0) is 51.8 Å². The smallest absolute Gasteiger partial charge is 0.363 e. The molecule has 26 heavy (non-hydrogen) atoms. The Balaban J connectivity index is 1.91. The lowest BCUT2D eigenvalue weighted by Gasteiger charge is -2.08. The van der Waals surface area contributed by atoms with E-state index in [0.29, 0.717) is 22.6 Å². The Kier molecular flexibility index (Phi) is 5.34. The Bertz CT molecular complexity index is 960. The van der Waals surface area contributed by atoms with Crippen molar-refractivity contribution in [3.8, 4) is 17.6 Å². The maximum atomic E-state index is 12.1. The zero-order valence-corrected chi connectivity index (χ0v) is 15.3. The normalized spacial score (nSPS) is 14.6. The third kappa shape index (κ3) is 3.76. The van der Waals surface area contributed by atoms with E-state index in [1.807, 2.05) is 30.3 Å². The highest BCUT2D eigenvalue weighted by Crippen LogP contribution is 2.30. The number of cyclic esters (lactones) is 1. The molecule has 0 saturated carbocycles. The summed E-state index contributed by atoms with van der Waals surface area (Å²) in [5.74, 6) is 0.618. The lowest BCUT2D eigenvalue weighted by Crippen LogP contribution is -2.05. The summed E-state index contributed by atoms with van der Waals surface area (Å²) in [6, 6.07) is 14.4. The van der Waals surface area contributed by atoms with Crippen LogP contribution in [0.15, 0.2) is 57.6 Å². The molecule has 0 aliphatic carbocycles. The Morgan fingerprint density at radius 1 is 1.27 bits per heavy atom. The number of carbonyl (C=O) groups excluding carboxylic acids is 1. The monoisotopic (exact) mass is 412 g/mol. The number of carbonyl (C=O) groups is 1. The molecule has 0 atom stereocenters. The first-order valence-corrected chi connectivity index (χ1v) is 8.37. The van der Waals surface area contributed by atoms with Crippen LogP contribution in [0.5, 0.6) is 11.5 Å². The standard InChI is InChI=1S/C19H13BrN2O4/c1-24-17-11-12(6-7-16(17)25-9-8-21)10-15-19(23)26-18(22-15)13-4-2-3-5-14(13)20/h2-7,10-11H,9H2,1H3/b15-10-. The Labute approximate surface area is 158 Å². The van der Waals surface area contributed by atoms with E-state index in [9.17, 15) is 4.79 Å². The summed E-state index contributed by atoms with van der Waals surface area (Å²) in [4.78, 5) is 16.4. The van der Waals surface area contributed by atoms with Gasteiger partial charge in [0.1, 0.15) is 6.07 Å². The number of nitriles is 1. The Hall–Kier alpha value is -3.11. The van der Waals surface area contributed by atoms with Crippen molar-refractivity contribution in [1.29, 1.82) is 5.26 Å². The van der Waals surface area contributed by atoms with Crippen LogP contribution >= 0.6 is 15.9 Å². The fourth-order valence-electron chi connectivity index (χ4n) is 2.32. The second-order valence-electron chi connectivity index (χ2n) is 5.17. The summed E-state index contributed by atoms with van der Waals surface area (Å²) >= 11 is 3.42. The maximum absolute atomic E-state index is 12.1. The lowest BCUT2D eigenvalue weighted by atomic mass is 10.1. The highest BCUT2D eigenvalue weighted by atomic mass is 79.9. The summed E-state index contributed by atoms with van der Waals surface area (Å²) in [7, 11) is 1.50. The molecule has 0 saturated heterocycles. The molecular weight excluding hydrogens is 400 g/mol. The van der Waals surface area contributed by atoms with Gasteiger partial charge in [-0.3, -0.25) is 0 Å². The molecule has 1 heterocycles. The first-order chi connectivity index (χ1) is 12.6. The van der Waals surface area contributed by atoms with Crippen LogP contribution in [-0.4, -0.2) is 25.6 Å². The predicted molar refractivity (Wildman–Crippen MR) is 98.9 cm³/mol. The molecule has 1 aliphatic rings. The van der Waals surface area contributed by atoms with Crippen LogP contribution in [0.3, 0.4) is 0 Å². The predicted octanol–water partition coefficient (Wildman–Crippen LogP) is 3.70. The summed E-state index contributed by atoms with van der Waals surface area (Å²) in [5, 5.41) is 8.61. The van der Waals surface area contributed by atoms with Gasteiger partial charge in [0.05, 0.1) is 12.7 Å². The van der Waals surface area contributed by atoms with Crippen LogP contribution in [0, 0.1) is 11.3 Å². The van der Waals surface area contributed by atoms with Gasteiger partial charge in [-0.1, -0.05) is 18.2 Å². The molecule has 6 nitrogen and oxygen atoms in total. The van der Waals surface area contributed by atoms with Crippen LogP contribution in [-0.2, 0) is 9.53 Å². The van der Waals surface area contributed by atoms with Gasteiger partial charge in [0.2, 0.25) is 5.90 Å². The van der Waals surface area contributed by atoms with Crippen molar-refractivity contribution in [1.82, 2.24) is 0 Å². The molecule has 0 unspecified atom stereocenters. The third-order valence-corrected chi connectivity index (χ3v) is 4.20. The summed E-state index contributed by atoms with van der Waals surface area (Å²) in [6.45, 7) is -0.0806. The van der Waals surface area contributed by atoms with Crippen molar-refractivity contribution < 1.29 is 19.0 Å². The van der Waals surface area contributed by atoms with Gasteiger partial charge < -0.3 is 14.2 Å². The third-order valence-electron chi connectivity index (χ3n) is 3.51. The fraction of sp³-hybridized carbons (Fsp3) is 0.105. The van der Waals surface area contributed by atoms with Crippen molar-refractivity contribution in [2.45, 2.75) is 0 Å². The van der Waals surface area contributed by atoms with Crippen LogP contribution in [0.1, 0.15) is 11.1 Å². The van der Waals surface area contributed by atoms with Gasteiger partial charge in [0.15, 0.2) is 23.8 Å². The lowest BCUT2D eigenvalue weighted by molar-refractivity contribution is -0.129. The highest BCUT2D eigenvalue weighted by Gasteiger charge is 2.25. The van der Waals surface area contributed by atoms with Crippen molar-refractivity contribution in [2.24, 2.45) is 4.99 Å². The largest absolute Gasteiger partial charge is 0.493 e. The first-order valence-electron chi connectivity index (χ1n) is 7.57. The van der Waals surface area contributed by atoms with Gasteiger partial charge in [-0.25, -0.2) is 9.79 Å². The molecule has 0 bridgehead atoms. The van der Waals surface area contributed by atoms with Gasteiger partial charge in [-0.2, -0.15) is 5.26 Å².